The number of ether oxygens (including phenoxy) is 4. The van der Waals surface area contributed by atoms with Crippen LogP contribution < -0.4 is 14.2 Å². The highest BCUT2D eigenvalue weighted by atomic mass is 19.4. The lowest BCUT2D eigenvalue weighted by molar-refractivity contribution is -0.163. The summed E-state index contributed by atoms with van der Waals surface area (Å²) in [5, 5.41) is 0. The first kappa shape index (κ1) is 25.3. The number of alkyl halides is 5. The van der Waals surface area contributed by atoms with Crippen molar-refractivity contribution in [3.8, 4) is 23.0 Å². The average molecular weight is 482 g/mol. The molecule has 0 N–H and O–H groups in total. The van der Waals surface area contributed by atoms with Gasteiger partial charge in [-0.05, 0) is 66.6 Å². The van der Waals surface area contributed by atoms with Gasteiger partial charge in [-0.1, -0.05) is 24.3 Å². The summed E-state index contributed by atoms with van der Waals surface area (Å²) in [6.45, 7) is -1.31. The minimum Gasteiger partial charge on any atom is -0.494 e. The van der Waals surface area contributed by atoms with Crippen LogP contribution >= 0.6 is 0 Å². The molecule has 9 heteroatoms. The zero-order valence-corrected chi connectivity index (χ0v) is 18.2. The van der Waals surface area contributed by atoms with E-state index in [2.05, 4.69) is 4.74 Å². The first-order valence-electron chi connectivity index (χ1n) is 10.4. The highest BCUT2D eigenvalue weighted by Gasteiger charge is 2.40. The van der Waals surface area contributed by atoms with Gasteiger partial charge in [-0.3, -0.25) is 0 Å². The first-order chi connectivity index (χ1) is 16.2. The molecule has 3 rings (SSSR count). The van der Waals surface area contributed by atoms with Gasteiger partial charge >= 0.3 is 12.8 Å². The maximum atomic E-state index is 13.6. The number of hydrogen-bond donors (Lipinski definition) is 0. The third-order valence-corrected chi connectivity index (χ3v) is 4.72. The predicted molar refractivity (Wildman–Crippen MR) is 116 cm³/mol. The lowest BCUT2D eigenvalue weighted by Gasteiger charge is -2.21. The van der Waals surface area contributed by atoms with E-state index in [1.54, 1.807) is 31.2 Å². The normalized spacial score (nSPS) is 12.4. The van der Waals surface area contributed by atoms with Crippen molar-refractivity contribution in [3.05, 3.63) is 83.9 Å². The highest BCUT2D eigenvalue weighted by Crippen LogP contribution is 2.36. The van der Waals surface area contributed by atoms with Crippen LogP contribution in [0.2, 0.25) is 0 Å². The van der Waals surface area contributed by atoms with Crippen molar-refractivity contribution in [1.29, 1.82) is 0 Å². The summed E-state index contributed by atoms with van der Waals surface area (Å²) in [6, 6.07) is 18.1. The topological polar surface area (TPSA) is 36.9 Å². The summed E-state index contributed by atoms with van der Waals surface area (Å²) < 4.78 is 85.9. The van der Waals surface area contributed by atoms with Crippen molar-refractivity contribution in [3.63, 3.8) is 0 Å². The second kappa shape index (κ2) is 11.7. The molecule has 0 aromatic heterocycles. The molecule has 0 aliphatic carbocycles. The van der Waals surface area contributed by atoms with E-state index in [0.29, 0.717) is 29.4 Å². The molecule has 1 unspecified atom stereocenters. The monoisotopic (exact) mass is 482 g/mol. The SMILES string of the molecule is CCOc1ccc(C(COCc2cccc(Oc3ccc(OC(F)F)cc3)c2)C(F)(F)F)cc1. The van der Waals surface area contributed by atoms with Gasteiger partial charge in [-0.2, -0.15) is 22.0 Å². The van der Waals surface area contributed by atoms with Gasteiger partial charge in [-0.15, -0.1) is 0 Å². The van der Waals surface area contributed by atoms with E-state index in [4.69, 9.17) is 14.2 Å². The molecule has 0 fully saturated rings. The van der Waals surface area contributed by atoms with Gasteiger partial charge in [-0.25, -0.2) is 0 Å². The summed E-state index contributed by atoms with van der Waals surface area (Å²) in [4.78, 5) is 0. The van der Waals surface area contributed by atoms with E-state index in [9.17, 15) is 22.0 Å². The van der Waals surface area contributed by atoms with Gasteiger partial charge in [0.25, 0.3) is 0 Å². The maximum Gasteiger partial charge on any atom is 0.397 e. The molecule has 0 saturated heterocycles. The Bertz CT molecular complexity index is 1020. The molecule has 4 nitrogen and oxygen atoms in total. The van der Waals surface area contributed by atoms with Crippen LogP contribution in [0.15, 0.2) is 72.8 Å². The maximum absolute atomic E-state index is 13.6. The van der Waals surface area contributed by atoms with Crippen LogP contribution in [-0.2, 0) is 11.3 Å². The van der Waals surface area contributed by atoms with Crippen molar-refractivity contribution >= 4 is 0 Å². The number of benzene rings is 3. The quantitative estimate of drug-likeness (QED) is 0.268. The Labute approximate surface area is 193 Å². The van der Waals surface area contributed by atoms with E-state index in [-0.39, 0.29) is 17.9 Å². The van der Waals surface area contributed by atoms with Gasteiger partial charge in [0.05, 0.1) is 19.8 Å². The van der Waals surface area contributed by atoms with Gasteiger partial charge in [0.15, 0.2) is 0 Å². The average Bonchev–Trinajstić information content (AvgIpc) is 2.78. The molecular formula is C25H23F5O4. The minimum atomic E-state index is -4.47. The Kier molecular flexibility index (Phi) is 8.70. The number of halogens is 5. The van der Waals surface area contributed by atoms with E-state index in [1.807, 2.05) is 0 Å². The standard InChI is InChI=1S/C25H23F5O4/c1-2-32-19-8-6-18(7-9-19)23(25(28,29)30)16-31-15-17-4-3-5-22(14-17)33-20-10-12-21(13-11-20)34-24(26)27/h3-14,23-24H,2,15-16H2,1H3. The predicted octanol–water partition coefficient (Wildman–Crippen LogP) is 7.34. The van der Waals surface area contributed by atoms with Gasteiger partial charge in [0, 0.05) is 0 Å². The van der Waals surface area contributed by atoms with E-state index >= 15 is 0 Å². The molecule has 3 aromatic carbocycles. The Morgan fingerprint density at radius 1 is 0.794 bits per heavy atom. The summed E-state index contributed by atoms with van der Waals surface area (Å²) in [5.74, 6) is -0.483. The van der Waals surface area contributed by atoms with E-state index < -0.39 is 25.3 Å². The number of rotatable bonds is 11. The molecule has 3 aromatic rings. The second-order valence-corrected chi connectivity index (χ2v) is 7.21. The molecule has 0 amide bonds. The minimum absolute atomic E-state index is 0.00347. The van der Waals surface area contributed by atoms with Crippen LogP contribution in [0.3, 0.4) is 0 Å². The number of hydrogen-bond acceptors (Lipinski definition) is 4. The molecule has 0 bridgehead atoms. The molecule has 0 radical (unpaired) electrons. The van der Waals surface area contributed by atoms with Crippen molar-refractivity contribution in [2.75, 3.05) is 13.2 Å². The Morgan fingerprint density at radius 2 is 1.44 bits per heavy atom. The van der Waals surface area contributed by atoms with Crippen LogP contribution in [0.1, 0.15) is 24.0 Å². The second-order valence-electron chi connectivity index (χ2n) is 7.21. The summed E-state index contributed by atoms with van der Waals surface area (Å²) in [5.41, 5.74) is 0.704. The fraction of sp³-hybridized carbons (Fsp3) is 0.280. The molecule has 1 atom stereocenters. The van der Waals surface area contributed by atoms with Crippen molar-refractivity contribution in [2.45, 2.75) is 32.2 Å². The fourth-order valence-electron chi connectivity index (χ4n) is 3.16. The van der Waals surface area contributed by atoms with Crippen LogP contribution in [0, 0.1) is 0 Å². The molecular weight excluding hydrogens is 459 g/mol. The highest BCUT2D eigenvalue weighted by molar-refractivity contribution is 5.37. The van der Waals surface area contributed by atoms with Crippen molar-refractivity contribution < 1.29 is 40.9 Å². The Morgan fingerprint density at radius 3 is 2.06 bits per heavy atom. The molecule has 34 heavy (non-hydrogen) atoms. The van der Waals surface area contributed by atoms with Gasteiger partial charge < -0.3 is 18.9 Å². The van der Waals surface area contributed by atoms with Crippen LogP contribution in [0.5, 0.6) is 23.0 Å². The zero-order chi connectivity index (χ0) is 24.6. The van der Waals surface area contributed by atoms with E-state index in [0.717, 1.165) is 0 Å². The third kappa shape index (κ3) is 7.62. The molecule has 0 spiro atoms. The summed E-state index contributed by atoms with van der Waals surface area (Å²) in [7, 11) is 0. The molecule has 182 valence electrons. The smallest absolute Gasteiger partial charge is 0.397 e. The zero-order valence-electron chi connectivity index (χ0n) is 18.2. The molecule has 0 saturated carbocycles. The van der Waals surface area contributed by atoms with Crippen LogP contribution in [0.25, 0.3) is 0 Å². The Balaban J connectivity index is 1.59. The lowest BCUT2D eigenvalue weighted by Crippen LogP contribution is -2.25. The molecule has 0 aliphatic heterocycles. The van der Waals surface area contributed by atoms with Crippen molar-refractivity contribution in [1.82, 2.24) is 0 Å². The van der Waals surface area contributed by atoms with Crippen molar-refractivity contribution in [2.24, 2.45) is 0 Å². The van der Waals surface area contributed by atoms with Crippen LogP contribution in [-0.4, -0.2) is 26.0 Å². The molecule has 0 heterocycles. The summed E-state index contributed by atoms with van der Waals surface area (Å²) >= 11 is 0. The largest absolute Gasteiger partial charge is 0.494 e. The Hall–Kier alpha value is -3.33. The van der Waals surface area contributed by atoms with Gasteiger partial charge in [0.2, 0.25) is 0 Å². The van der Waals surface area contributed by atoms with Crippen LogP contribution in [0.4, 0.5) is 22.0 Å². The van der Waals surface area contributed by atoms with Gasteiger partial charge in [0.1, 0.15) is 28.9 Å². The fourth-order valence-corrected chi connectivity index (χ4v) is 3.16. The first-order valence-corrected chi connectivity index (χ1v) is 10.4. The van der Waals surface area contributed by atoms with E-state index in [1.165, 1.54) is 48.5 Å². The third-order valence-electron chi connectivity index (χ3n) is 4.72. The molecule has 0 aliphatic rings. The lowest BCUT2D eigenvalue weighted by atomic mass is 9.99. The summed E-state index contributed by atoms with van der Waals surface area (Å²) in [6.07, 6.45) is -4.47.